The lowest BCUT2D eigenvalue weighted by Crippen LogP contribution is -2.25. The Bertz CT molecular complexity index is 474. The number of benzene rings is 1. The van der Waals surface area contributed by atoms with Gasteiger partial charge in [-0.25, -0.2) is 0 Å². The van der Waals surface area contributed by atoms with Crippen molar-refractivity contribution in [2.24, 2.45) is 0 Å². The summed E-state index contributed by atoms with van der Waals surface area (Å²) in [5, 5.41) is 4.29. The van der Waals surface area contributed by atoms with E-state index in [2.05, 4.69) is 12.2 Å². The smallest absolute Gasteiger partial charge is 0.124 e. The molecule has 0 saturated heterocycles. The molecule has 0 spiro atoms. The lowest BCUT2D eigenvalue weighted by Gasteiger charge is -2.26. The van der Waals surface area contributed by atoms with Crippen molar-refractivity contribution < 1.29 is 9.47 Å². The minimum absolute atomic E-state index is 0.101. The van der Waals surface area contributed by atoms with Crippen LogP contribution in [0.2, 0.25) is 5.02 Å². The largest absolute Gasteiger partial charge is 0.501 e. The van der Waals surface area contributed by atoms with Gasteiger partial charge in [0.2, 0.25) is 0 Å². The van der Waals surface area contributed by atoms with E-state index in [0.717, 1.165) is 48.7 Å². The van der Waals surface area contributed by atoms with Gasteiger partial charge in [0.15, 0.2) is 0 Å². The molecule has 0 aromatic heterocycles. The van der Waals surface area contributed by atoms with E-state index in [9.17, 15) is 0 Å². The van der Waals surface area contributed by atoms with Gasteiger partial charge in [0.05, 0.1) is 26.0 Å². The van der Waals surface area contributed by atoms with Crippen LogP contribution in [0.25, 0.3) is 0 Å². The average molecular weight is 296 g/mol. The van der Waals surface area contributed by atoms with E-state index in [0.29, 0.717) is 0 Å². The van der Waals surface area contributed by atoms with Gasteiger partial charge in [0.25, 0.3) is 0 Å². The standard InChI is InChI=1S/C16H22ClNO2/c1-3-8-18-16(12-5-4-9-20-11-12)14-10-13(17)6-7-15(14)19-2/h6-7,10-11,16,18H,3-5,8-9H2,1-2H3. The lowest BCUT2D eigenvalue weighted by molar-refractivity contribution is 0.219. The number of hydrogen-bond donors (Lipinski definition) is 1. The molecule has 0 radical (unpaired) electrons. The van der Waals surface area contributed by atoms with Gasteiger partial charge in [-0.3, -0.25) is 0 Å². The zero-order valence-electron chi connectivity index (χ0n) is 12.1. The highest BCUT2D eigenvalue weighted by molar-refractivity contribution is 6.30. The molecule has 1 N–H and O–H groups in total. The SMILES string of the molecule is CCCNC(C1=COCCC1)c1cc(Cl)ccc1OC. The Hall–Kier alpha value is -1.19. The van der Waals surface area contributed by atoms with Crippen LogP contribution in [0.15, 0.2) is 30.0 Å². The molecule has 0 bridgehead atoms. The first-order chi connectivity index (χ1) is 9.76. The zero-order valence-corrected chi connectivity index (χ0v) is 12.9. The molecule has 4 heteroatoms. The van der Waals surface area contributed by atoms with Gasteiger partial charge in [-0.1, -0.05) is 18.5 Å². The summed E-state index contributed by atoms with van der Waals surface area (Å²) in [5.74, 6) is 0.856. The number of rotatable bonds is 6. The third-order valence-electron chi connectivity index (χ3n) is 3.43. The molecular weight excluding hydrogens is 274 g/mol. The highest BCUT2D eigenvalue weighted by atomic mass is 35.5. The summed E-state index contributed by atoms with van der Waals surface area (Å²) in [6.45, 7) is 3.90. The fourth-order valence-electron chi connectivity index (χ4n) is 2.46. The number of methoxy groups -OCH3 is 1. The maximum atomic E-state index is 6.16. The van der Waals surface area contributed by atoms with Crippen molar-refractivity contribution >= 4 is 11.6 Å². The predicted octanol–water partition coefficient (Wildman–Crippen LogP) is 4.08. The summed E-state index contributed by atoms with van der Waals surface area (Å²) in [5.41, 5.74) is 2.33. The molecule has 1 heterocycles. The number of ether oxygens (including phenoxy) is 2. The van der Waals surface area contributed by atoms with E-state index in [1.165, 1.54) is 5.57 Å². The molecule has 0 aliphatic carbocycles. The molecule has 20 heavy (non-hydrogen) atoms. The molecule has 1 aliphatic rings. The Labute approximate surface area is 125 Å². The van der Waals surface area contributed by atoms with E-state index >= 15 is 0 Å². The third-order valence-corrected chi connectivity index (χ3v) is 3.67. The summed E-state index contributed by atoms with van der Waals surface area (Å²) in [4.78, 5) is 0. The van der Waals surface area contributed by atoms with Crippen molar-refractivity contribution in [1.82, 2.24) is 5.32 Å². The van der Waals surface area contributed by atoms with Gasteiger partial charge < -0.3 is 14.8 Å². The van der Waals surface area contributed by atoms with Crippen LogP contribution in [0.5, 0.6) is 5.75 Å². The summed E-state index contributed by atoms with van der Waals surface area (Å²) >= 11 is 6.16. The Morgan fingerprint density at radius 3 is 2.95 bits per heavy atom. The van der Waals surface area contributed by atoms with Crippen LogP contribution >= 0.6 is 11.6 Å². The number of hydrogen-bond acceptors (Lipinski definition) is 3. The summed E-state index contributed by atoms with van der Waals surface area (Å²) < 4.78 is 11.0. The van der Waals surface area contributed by atoms with Crippen LogP contribution in [0, 0.1) is 0 Å². The van der Waals surface area contributed by atoms with Gasteiger partial charge in [-0.05, 0) is 49.6 Å². The van der Waals surface area contributed by atoms with Gasteiger partial charge >= 0.3 is 0 Å². The van der Waals surface area contributed by atoms with E-state index in [1.807, 2.05) is 24.5 Å². The van der Waals surface area contributed by atoms with Crippen molar-refractivity contribution in [3.05, 3.63) is 40.6 Å². The monoisotopic (exact) mass is 295 g/mol. The van der Waals surface area contributed by atoms with Crippen LogP contribution < -0.4 is 10.1 Å². The lowest BCUT2D eigenvalue weighted by atomic mass is 9.94. The van der Waals surface area contributed by atoms with Crippen molar-refractivity contribution in [3.63, 3.8) is 0 Å². The molecule has 2 rings (SSSR count). The van der Waals surface area contributed by atoms with Crippen LogP contribution in [0.4, 0.5) is 0 Å². The maximum absolute atomic E-state index is 6.16. The second kappa shape index (κ2) is 7.55. The molecule has 3 nitrogen and oxygen atoms in total. The van der Waals surface area contributed by atoms with E-state index in [4.69, 9.17) is 21.1 Å². The molecule has 0 saturated carbocycles. The summed E-state index contributed by atoms with van der Waals surface area (Å²) in [6.07, 6.45) is 5.06. The van der Waals surface area contributed by atoms with Gasteiger partial charge in [-0.15, -0.1) is 0 Å². The quantitative estimate of drug-likeness (QED) is 0.857. The summed E-state index contributed by atoms with van der Waals surface area (Å²) in [7, 11) is 1.69. The molecule has 1 aromatic carbocycles. The first kappa shape index (κ1) is 15.2. The van der Waals surface area contributed by atoms with Crippen molar-refractivity contribution in [1.29, 1.82) is 0 Å². The molecule has 1 aromatic rings. The van der Waals surface area contributed by atoms with Gasteiger partial charge in [-0.2, -0.15) is 0 Å². The first-order valence-corrected chi connectivity index (χ1v) is 7.51. The third kappa shape index (κ3) is 3.68. The maximum Gasteiger partial charge on any atom is 0.124 e. The van der Waals surface area contributed by atoms with Gasteiger partial charge in [0.1, 0.15) is 5.75 Å². The average Bonchev–Trinajstić information content (AvgIpc) is 2.49. The zero-order chi connectivity index (χ0) is 14.4. The fraction of sp³-hybridized carbons (Fsp3) is 0.500. The predicted molar refractivity (Wildman–Crippen MR) is 82.3 cm³/mol. The molecular formula is C16H22ClNO2. The van der Waals surface area contributed by atoms with Crippen molar-refractivity contribution in [2.45, 2.75) is 32.2 Å². The van der Waals surface area contributed by atoms with Crippen molar-refractivity contribution in [2.75, 3.05) is 20.3 Å². The summed E-state index contributed by atoms with van der Waals surface area (Å²) in [6, 6.07) is 5.85. The van der Waals surface area contributed by atoms with Crippen LogP contribution in [-0.4, -0.2) is 20.3 Å². The minimum Gasteiger partial charge on any atom is -0.501 e. The Morgan fingerprint density at radius 1 is 1.45 bits per heavy atom. The molecule has 1 atom stereocenters. The fourth-order valence-corrected chi connectivity index (χ4v) is 2.64. The molecule has 1 unspecified atom stereocenters. The normalized spacial score (nSPS) is 16.2. The Balaban J connectivity index is 2.34. The topological polar surface area (TPSA) is 30.5 Å². The van der Waals surface area contributed by atoms with E-state index in [1.54, 1.807) is 7.11 Å². The highest BCUT2D eigenvalue weighted by Crippen LogP contribution is 2.35. The van der Waals surface area contributed by atoms with Gasteiger partial charge in [0, 0.05) is 10.6 Å². The van der Waals surface area contributed by atoms with E-state index < -0.39 is 0 Å². The van der Waals surface area contributed by atoms with Crippen molar-refractivity contribution in [3.8, 4) is 5.75 Å². The highest BCUT2D eigenvalue weighted by Gasteiger charge is 2.22. The minimum atomic E-state index is 0.101. The number of halogens is 1. The van der Waals surface area contributed by atoms with Crippen LogP contribution in [0.1, 0.15) is 37.8 Å². The number of nitrogens with one attached hydrogen (secondary N) is 1. The van der Waals surface area contributed by atoms with Crippen LogP contribution in [-0.2, 0) is 4.74 Å². The first-order valence-electron chi connectivity index (χ1n) is 7.13. The molecule has 0 fully saturated rings. The van der Waals surface area contributed by atoms with E-state index in [-0.39, 0.29) is 6.04 Å². The molecule has 1 aliphatic heterocycles. The second-order valence-corrected chi connectivity index (χ2v) is 5.38. The van der Waals surface area contributed by atoms with Crippen LogP contribution in [0.3, 0.4) is 0 Å². The Kier molecular flexibility index (Phi) is 5.74. The molecule has 110 valence electrons. The second-order valence-electron chi connectivity index (χ2n) is 4.94. The molecule has 0 amide bonds. The Morgan fingerprint density at radius 2 is 2.30 bits per heavy atom.